The van der Waals surface area contributed by atoms with Gasteiger partial charge in [0.05, 0.1) is 5.41 Å². The highest BCUT2D eigenvalue weighted by Crippen LogP contribution is 2.64. The molecule has 0 aromatic heterocycles. The van der Waals surface area contributed by atoms with Crippen molar-refractivity contribution in [1.29, 1.82) is 0 Å². The number of halogens is 1. The van der Waals surface area contributed by atoms with E-state index in [1.54, 1.807) is 0 Å². The van der Waals surface area contributed by atoms with Crippen molar-refractivity contribution in [3.63, 3.8) is 0 Å². The van der Waals surface area contributed by atoms with E-state index in [0.29, 0.717) is 0 Å². The number of hydrogen-bond donors (Lipinski definition) is 0. The Morgan fingerprint density at radius 1 is 0.342 bits per heavy atom. The van der Waals surface area contributed by atoms with Crippen molar-refractivity contribution in [1.82, 2.24) is 0 Å². The summed E-state index contributed by atoms with van der Waals surface area (Å²) in [6.07, 6.45) is 0. The van der Waals surface area contributed by atoms with E-state index in [-0.39, 0.29) is 5.41 Å². The van der Waals surface area contributed by atoms with Gasteiger partial charge in [0.1, 0.15) is 0 Å². The van der Waals surface area contributed by atoms with Crippen LogP contribution in [0, 0.1) is 0 Å². The molecule has 0 bridgehead atoms. The van der Waals surface area contributed by atoms with Crippen LogP contribution < -0.4 is 0 Å². The first kappa shape index (κ1) is 21.7. The zero-order chi connectivity index (χ0) is 25.3. The molecule has 0 amide bonds. The van der Waals surface area contributed by atoms with Gasteiger partial charge in [-0.2, -0.15) is 0 Å². The van der Waals surface area contributed by atoms with Crippen molar-refractivity contribution in [3.05, 3.63) is 167 Å². The second-order valence-corrected chi connectivity index (χ2v) is 10.6. The summed E-state index contributed by atoms with van der Waals surface area (Å²) >= 11 is 6.13. The van der Waals surface area contributed by atoms with E-state index in [4.69, 9.17) is 11.6 Å². The molecule has 2 aliphatic rings. The highest BCUT2D eigenvalue weighted by Gasteiger charge is 2.52. The lowest BCUT2D eigenvalue weighted by atomic mass is 9.68. The van der Waals surface area contributed by atoms with Crippen LogP contribution in [0.1, 0.15) is 22.3 Å². The maximum atomic E-state index is 6.13. The molecule has 0 heterocycles. The predicted molar refractivity (Wildman–Crippen MR) is 159 cm³/mol. The molecule has 0 fully saturated rings. The Morgan fingerprint density at radius 3 is 1.29 bits per heavy atom. The lowest BCUT2D eigenvalue weighted by Crippen LogP contribution is -2.26. The smallest absolute Gasteiger partial charge is 0.0731 e. The maximum absolute atomic E-state index is 6.13. The van der Waals surface area contributed by atoms with E-state index in [0.717, 1.165) is 5.02 Å². The molecular weight excluding hydrogens is 480 g/mol. The van der Waals surface area contributed by atoms with Crippen molar-refractivity contribution in [2.24, 2.45) is 0 Å². The molecule has 1 spiro atoms. The fraction of sp³-hybridized carbons (Fsp3) is 0.0270. The molecule has 6 aromatic rings. The first-order chi connectivity index (χ1) is 18.8. The molecule has 0 radical (unpaired) electrons. The van der Waals surface area contributed by atoms with Gasteiger partial charge in [-0.25, -0.2) is 0 Å². The highest BCUT2D eigenvalue weighted by atomic mass is 35.5. The van der Waals surface area contributed by atoms with Crippen LogP contribution in [0.3, 0.4) is 0 Å². The molecule has 2 aliphatic carbocycles. The summed E-state index contributed by atoms with van der Waals surface area (Å²) in [4.78, 5) is 0. The molecule has 0 N–H and O–H groups in total. The average Bonchev–Trinajstić information content (AvgIpc) is 3.45. The first-order valence-corrected chi connectivity index (χ1v) is 13.4. The molecule has 1 heteroatoms. The minimum Gasteiger partial charge on any atom is -0.0843 e. The Balaban J connectivity index is 1.42. The molecule has 38 heavy (non-hydrogen) atoms. The van der Waals surface area contributed by atoms with E-state index in [1.165, 1.54) is 66.8 Å². The molecule has 0 unspecified atom stereocenters. The first-order valence-electron chi connectivity index (χ1n) is 13.1. The normalized spacial score (nSPS) is 13.6. The van der Waals surface area contributed by atoms with Crippen LogP contribution in [0.15, 0.2) is 140 Å². The number of fused-ring (bicyclic) bond motifs is 10. The van der Waals surface area contributed by atoms with Gasteiger partial charge in [0.25, 0.3) is 0 Å². The predicted octanol–water partition coefficient (Wildman–Crippen LogP) is 10.0. The van der Waals surface area contributed by atoms with Crippen LogP contribution >= 0.6 is 11.6 Å². The Kier molecular flexibility index (Phi) is 4.59. The quantitative estimate of drug-likeness (QED) is 0.220. The summed E-state index contributed by atoms with van der Waals surface area (Å²) in [6, 6.07) is 50.8. The van der Waals surface area contributed by atoms with Gasteiger partial charge in [-0.3, -0.25) is 0 Å². The average molecular weight is 503 g/mol. The minimum atomic E-state index is -0.343. The van der Waals surface area contributed by atoms with E-state index < -0.39 is 0 Å². The van der Waals surface area contributed by atoms with Crippen molar-refractivity contribution >= 4 is 11.6 Å². The zero-order valence-electron chi connectivity index (χ0n) is 20.7. The van der Waals surface area contributed by atoms with E-state index >= 15 is 0 Å². The third-order valence-electron chi connectivity index (χ3n) is 8.39. The molecule has 178 valence electrons. The summed E-state index contributed by atoms with van der Waals surface area (Å²) in [5, 5.41) is 0.757. The van der Waals surface area contributed by atoms with Crippen LogP contribution in [0.5, 0.6) is 0 Å². The summed E-state index contributed by atoms with van der Waals surface area (Å²) in [6.45, 7) is 0. The fourth-order valence-corrected chi connectivity index (χ4v) is 7.01. The van der Waals surface area contributed by atoms with Crippen LogP contribution in [-0.2, 0) is 5.41 Å². The van der Waals surface area contributed by atoms with Crippen molar-refractivity contribution in [3.8, 4) is 44.5 Å². The van der Waals surface area contributed by atoms with Crippen LogP contribution in [0.2, 0.25) is 5.02 Å². The maximum Gasteiger partial charge on any atom is 0.0731 e. The van der Waals surface area contributed by atoms with E-state index in [1.807, 2.05) is 12.1 Å². The van der Waals surface area contributed by atoms with Crippen LogP contribution in [0.4, 0.5) is 0 Å². The Hall–Kier alpha value is -4.39. The Labute approximate surface area is 227 Å². The molecule has 0 atom stereocenters. The summed E-state index contributed by atoms with van der Waals surface area (Å²) in [5.74, 6) is 0. The molecule has 0 aliphatic heterocycles. The lowest BCUT2D eigenvalue weighted by molar-refractivity contribution is 0.796. The van der Waals surface area contributed by atoms with Crippen molar-refractivity contribution in [2.45, 2.75) is 5.41 Å². The zero-order valence-corrected chi connectivity index (χ0v) is 21.4. The number of rotatable bonds is 2. The van der Waals surface area contributed by atoms with Gasteiger partial charge in [0.2, 0.25) is 0 Å². The Morgan fingerprint density at radius 2 is 0.737 bits per heavy atom. The SMILES string of the molecule is Clc1ccc(-c2ccc(-c3cccc4c3C3(c5ccccc5-c5ccccc53)c3ccccc3-4)cc2)cc1. The Bertz CT molecular complexity index is 1800. The second-order valence-electron chi connectivity index (χ2n) is 10.2. The monoisotopic (exact) mass is 502 g/mol. The number of hydrogen-bond acceptors (Lipinski definition) is 0. The molecule has 0 nitrogen and oxygen atoms in total. The largest absolute Gasteiger partial charge is 0.0843 e. The van der Waals surface area contributed by atoms with Crippen molar-refractivity contribution in [2.75, 3.05) is 0 Å². The summed E-state index contributed by atoms with van der Waals surface area (Å²) < 4.78 is 0. The minimum absolute atomic E-state index is 0.343. The van der Waals surface area contributed by atoms with Gasteiger partial charge in [-0.15, -0.1) is 0 Å². The third kappa shape index (κ3) is 2.81. The third-order valence-corrected chi connectivity index (χ3v) is 8.64. The van der Waals surface area contributed by atoms with E-state index in [9.17, 15) is 0 Å². The molecule has 0 saturated heterocycles. The van der Waals surface area contributed by atoms with Gasteiger partial charge in [-0.05, 0) is 78.9 Å². The van der Waals surface area contributed by atoms with Crippen LogP contribution in [0.25, 0.3) is 44.5 Å². The topological polar surface area (TPSA) is 0 Å². The second kappa shape index (κ2) is 8.05. The van der Waals surface area contributed by atoms with Gasteiger partial charge < -0.3 is 0 Å². The summed E-state index contributed by atoms with van der Waals surface area (Å²) in [5.41, 5.74) is 15.4. The van der Waals surface area contributed by atoms with Crippen LogP contribution in [-0.4, -0.2) is 0 Å². The summed E-state index contributed by atoms with van der Waals surface area (Å²) in [7, 11) is 0. The van der Waals surface area contributed by atoms with Gasteiger partial charge in [-0.1, -0.05) is 139 Å². The van der Waals surface area contributed by atoms with Gasteiger partial charge in [0, 0.05) is 5.02 Å². The molecule has 6 aromatic carbocycles. The van der Waals surface area contributed by atoms with E-state index in [2.05, 4.69) is 127 Å². The highest BCUT2D eigenvalue weighted by molar-refractivity contribution is 6.30. The fourth-order valence-electron chi connectivity index (χ4n) is 6.88. The molecule has 8 rings (SSSR count). The lowest BCUT2D eigenvalue weighted by Gasteiger charge is -2.32. The standard InChI is InChI=1S/C37H23Cl/c38-27-22-20-25(21-23-27)24-16-18-26(19-17-24)28-11-7-12-32-31-10-3-6-15-35(31)37(36(28)32)33-13-4-1-8-29(33)30-9-2-5-14-34(30)37/h1-23H. The number of benzene rings is 6. The molecule has 0 saturated carbocycles. The van der Waals surface area contributed by atoms with Gasteiger partial charge in [0.15, 0.2) is 0 Å². The molecular formula is C37H23Cl. The van der Waals surface area contributed by atoms with Gasteiger partial charge >= 0.3 is 0 Å². The van der Waals surface area contributed by atoms with Crippen molar-refractivity contribution < 1.29 is 0 Å².